The van der Waals surface area contributed by atoms with Crippen molar-refractivity contribution < 1.29 is 45.7 Å². The van der Waals surface area contributed by atoms with Gasteiger partial charge in [-0.2, -0.15) is 23.3 Å². The maximum Gasteiger partial charge on any atom is 0.543 e. The quantitative estimate of drug-likeness (QED) is 0.250. The van der Waals surface area contributed by atoms with E-state index in [0.717, 1.165) is 19.2 Å². The summed E-state index contributed by atoms with van der Waals surface area (Å²) in [4.78, 5) is 59.4. The topological polar surface area (TPSA) is 163 Å². The molecule has 0 unspecified atom stereocenters. The Morgan fingerprint density at radius 1 is 1.15 bits per heavy atom. The highest BCUT2D eigenvalue weighted by Crippen LogP contribution is 2.39. The van der Waals surface area contributed by atoms with E-state index in [1.54, 1.807) is 0 Å². The molecule has 20 heteroatoms. The third kappa shape index (κ3) is 5.15. The third-order valence-electron chi connectivity index (χ3n) is 5.60. The third-order valence-corrected chi connectivity index (χ3v) is 6.79. The molecule has 0 fully saturated rings. The van der Waals surface area contributed by atoms with Crippen LogP contribution in [0.5, 0.6) is 0 Å². The van der Waals surface area contributed by atoms with Crippen molar-refractivity contribution in [2.24, 2.45) is 26.1 Å². The lowest BCUT2D eigenvalue weighted by Crippen LogP contribution is -2.37. The van der Waals surface area contributed by atoms with Gasteiger partial charge in [-0.05, 0) is 12.1 Å². The van der Waals surface area contributed by atoms with Gasteiger partial charge in [-0.25, -0.2) is 18.1 Å². The summed E-state index contributed by atoms with van der Waals surface area (Å²) in [6, 6.07) is 0.874. The van der Waals surface area contributed by atoms with Crippen LogP contribution in [0, 0.1) is 11.6 Å². The number of carbonyl (C=O) groups is 1. The van der Waals surface area contributed by atoms with Gasteiger partial charge < -0.3 is 4.62 Å². The maximum absolute atomic E-state index is 14.8. The number of aromatic nitrogens is 5. The largest absolute Gasteiger partial charge is 0.543 e. The van der Waals surface area contributed by atoms with Gasteiger partial charge in [0, 0.05) is 32.1 Å². The highest BCUT2D eigenvalue weighted by atomic mass is 32.1. The maximum atomic E-state index is 14.8. The fourth-order valence-electron chi connectivity index (χ4n) is 3.81. The summed E-state index contributed by atoms with van der Waals surface area (Å²) in [6.07, 6.45) is -6.09. The van der Waals surface area contributed by atoms with Gasteiger partial charge in [0.1, 0.15) is 28.3 Å². The number of hydrogen-bond acceptors (Lipinski definition) is 7. The van der Waals surface area contributed by atoms with Gasteiger partial charge in [0.2, 0.25) is 4.80 Å². The van der Waals surface area contributed by atoms with Crippen LogP contribution >= 0.6 is 19.2 Å². The summed E-state index contributed by atoms with van der Waals surface area (Å²) in [7, 11) is -1.54. The number of phosphoric acid groups is 1. The number of amides is 1. The number of alkyl halides is 3. The van der Waals surface area contributed by atoms with Crippen LogP contribution in [-0.2, 0) is 43.1 Å². The SMILES string of the molecule is Cn1nc2c(c1CC(=O)N=c1scc(-c3ccc(F)c(C(F)(F)F)c3F)n1OP(=O)(O)O)c(=O)n(C)c(=O)n2C. The van der Waals surface area contributed by atoms with E-state index in [1.165, 1.54) is 21.1 Å². The van der Waals surface area contributed by atoms with Crippen molar-refractivity contribution in [3.63, 3.8) is 0 Å². The van der Waals surface area contributed by atoms with Crippen LogP contribution in [0.1, 0.15) is 11.3 Å². The average Bonchev–Trinajstić information content (AvgIpc) is 3.35. The molecule has 0 spiro atoms. The van der Waals surface area contributed by atoms with Crippen molar-refractivity contribution in [1.29, 1.82) is 0 Å². The Bertz CT molecular complexity index is 1930. The first kappa shape index (κ1) is 29.1. The van der Waals surface area contributed by atoms with Gasteiger partial charge in [-0.15, -0.1) is 16.1 Å². The first-order chi connectivity index (χ1) is 18.4. The summed E-state index contributed by atoms with van der Waals surface area (Å²) >= 11 is 0.428. The molecular weight excluding hydrogens is 594 g/mol. The number of carbonyl (C=O) groups excluding carboxylic acids is 1. The molecule has 3 aromatic heterocycles. The molecule has 3 heterocycles. The lowest BCUT2D eigenvalue weighted by atomic mass is 10.1. The second kappa shape index (κ2) is 9.92. The Hall–Kier alpha value is -3.93. The molecule has 0 radical (unpaired) electrons. The smallest absolute Gasteiger partial charge is 0.308 e. The lowest BCUT2D eigenvalue weighted by Gasteiger charge is -2.14. The standard InChI is InChI=1S/C20H16F5N6O7PS/c1-28-16-13(17(33)29(2)19(28)34)10(30(3)27-16)6-12(32)26-18-31(38-39(35,36)37)11(7-40-18)8-4-5-9(21)14(15(8)22)20(23,24)25/h4-5,7H,6H2,1-3H3,(H2,35,36,37). The molecule has 0 saturated heterocycles. The normalized spacial score (nSPS) is 12.9. The van der Waals surface area contributed by atoms with Crippen LogP contribution in [0.4, 0.5) is 22.0 Å². The monoisotopic (exact) mass is 610 g/mol. The van der Waals surface area contributed by atoms with Gasteiger partial charge in [0.25, 0.3) is 11.5 Å². The van der Waals surface area contributed by atoms with Gasteiger partial charge >= 0.3 is 19.7 Å². The van der Waals surface area contributed by atoms with Crippen LogP contribution in [0.2, 0.25) is 0 Å². The number of rotatable bonds is 5. The fraction of sp³-hybridized carbons (Fsp3) is 0.250. The van der Waals surface area contributed by atoms with Gasteiger partial charge in [0.15, 0.2) is 5.65 Å². The van der Waals surface area contributed by atoms with E-state index in [0.29, 0.717) is 23.5 Å². The molecule has 0 bridgehead atoms. The molecule has 1 amide bonds. The molecule has 2 N–H and O–H groups in total. The Kier molecular flexibility index (Phi) is 7.21. The summed E-state index contributed by atoms with van der Waals surface area (Å²) in [6.45, 7) is 0. The molecule has 214 valence electrons. The van der Waals surface area contributed by atoms with Crippen molar-refractivity contribution in [3.8, 4) is 11.3 Å². The number of hydrogen-bond donors (Lipinski definition) is 2. The second-order valence-corrected chi connectivity index (χ2v) is 10.2. The van der Waals surface area contributed by atoms with Crippen LogP contribution in [-0.4, -0.2) is 39.3 Å². The average molecular weight is 610 g/mol. The molecule has 0 aliphatic carbocycles. The molecule has 13 nitrogen and oxygen atoms in total. The number of fused-ring (bicyclic) bond motifs is 1. The number of thiazole rings is 1. The Morgan fingerprint density at radius 3 is 2.40 bits per heavy atom. The number of halogens is 5. The zero-order chi connectivity index (χ0) is 29.9. The lowest BCUT2D eigenvalue weighted by molar-refractivity contribution is -0.142. The summed E-state index contributed by atoms with van der Waals surface area (Å²) < 4.78 is 87.4. The summed E-state index contributed by atoms with van der Waals surface area (Å²) in [5.41, 5.74) is -5.41. The Balaban J connectivity index is 1.87. The molecular formula is C20H16F5N6O7PS. The predicted molar refractivity (Wildman–Crippen MR) is 127 cm³/mol. The van der Waals surface area contributed by atoms with Crippen molar-refractivity contribution in [1.82, 2.24) is 23.6 Å². The highest BCUT2D eigenvalue weighted by Gasteiger charge is 2.39. The number of benzene rings is 1. The summed E-state index contributed by atoms with van der Waals surface area (Å²) in [5, 5.41) is 4.86. The molecule has 40 heavy (non-hydrogen) atoms. The van der Waals surface area contributed by atoms with E-state index in [1.807, 2.05) is 0 Å². The van der Waals surface area contributed by atoms with E-state index in [2.05, 4.69) is 14.7 Å². The van der Waals surface area contributed by atoms with Crippen LogP contribution in [0.25, 0.3) is 22.3 Å². The highest BCUT2D eigenvalue weighted by molar-refractivity contribution is 7.46. The van der Waals surface area contributed by atoms with E-state index in [4.69, 9.17) is 0 Å². The molecule has 0 saturated carbocycles. The van der Waals surface area contributed by atoms with Gasteiger partial charge in [-0.1, -0.05) is 0 Å². The van der Waals surface area contributed by atoms with Crippen molar-refractivity contribution in [3.05, 3.63) is 66.0 Å². The minimum atomic E-state index is -5.47. The zero-order valence-electron chi connectivity index (χ0n) is 20.3. The zero-order valence-corrected chi connectivity index (χ0v) is 22.0. The molecule has 0 aliphatic rings. The molecule has 0 aliphatic heterocycles. The van der Waals surface area contributed by atoms with E-state index in [9.17, 15) is 50.7 Å². The Morgan fingerprint density at radius 2 is 1.80 bits per heavy atom. The van der Waals surface area contributed by atoms with Crippen molar-refractivity contribution >= 4 is 36.1 Å². The Labute approximate surface area is 221 Å². The van der Waals surface area contributed by atoms with Gasteiger partial charge in [-0.3, -0.25) is 33.2 Å². The number of aryl methyl sites for hydroxylation is 2. The van der Waals surface area contributed by atoms with Gasteiger partial charge in [0.05, 0.1) is 12.1 Å². The first-order valence-electron chi connectivity index (χ1n) is 10.6. The van der Waals surface area contributed by atoms with E-state index < -0.39 is 70.8 Å². The molecule has 4 rings (SSSR count). The molecule has 4 aromatic rings. The fourth-order valence-corrected chi connectivity index (χ4v) is 5.07. The first-order valence-corrected chi connectivity index (χ1v) is 13.0. The predicted octanol–water partition coefficient (Wildman–Crippen LogP) is 0.989. The number of nitrogens with zero attached hydrogens (tertiary/aromatic N) is 6. The molecule has 0 atom stereocenters. The van der Waals surface area contributed by atoms with Crippen LogP contribution in [0.3, 0.4) is 0 Å². The minimum Gasteiger partial charge on any atom is -0.308 e. The minimum absolute atomic E-state index is 0.0126. The molecule has 1 aromatic carbocycles. The van der Waals surface area contributed by atoms with Crippen molar-refractivity contribution in [2.75, 3.05) is 0 Å². The summed E-state index contributed by atoms with van der Waals surface area (Å²) in [5.74, 6) is -5.08. The van der Waals surface area contributed by atoms with Crippen LogP contribution < -0.4 is 20.7 Å². The second-order valence-electron chi connectivity index (χ2n) is 8.21. The van der Waals surface area contributed by atoms with Crippen LogP contribution in [0.15, 0.2) is 32.1 Å². The van der Waals surface area contributed by atoms with E-state index >= 15 is 0 Å². The van der Waals surface area contributed by atoms with E-state index in [-0.39, 0.29) is 21.5 Å². The van der Waals surface area contributed by atoms with Crippen molar-refractivity contribution in [2.45, 2.75) is 12.6 Å².